The molecule has 10 heteroatoms. The summed E-state index contributed by atoms with van der Waals surface area (Å²) in [6.45, 7) is 5.78. The van der Waals surface area contributed by atoms with Crippen molar-refractivity contribution < 1.29 is 9.53 Å². The third-order valence-corrected chi connectivity index (χ3v) is 5.78. The summed E-state index contributed by atoms with van der Waals surface area (Å²) < 4.78 is 5.22. The van der Waals surface area contributed by atoms with Crippen LogP contribution in [0.2, 0.25) is 0 Å². The van der Waals surface area contributed by atoms with Crippen molar-refractivity contribution in [3.63, 3.8) is 0 Å². The van der Waals surface area contributed by atoms with Crippen molar-refractivity contribution in [3.05, 3.63) is 29.3 Å². The highest BCUT2D eigenvalue weighted by Gasteiger charge is 2.29. The average Bonchev–Trinajstić information content (AvgIpc) is 3.17. The summed E-state index contributed by atoms with van der Waals surface area (Å²) in [5, 5.41) is 3.00. The number of rotatable bonds is 3. The molecule has 3 aromatic rings. The molecule has 1 aliphatic rings. The SMILES string of the molecule is COc1ccc(NC(=O)N2CCN(c3nc(N)nc4scnc34)C(C)C2)c(C)c1. The van der Waals surface area contributed by atoms with E-state index < -0.39 is 0 Å². The van der Waals surface area contributed by atoms with Crippen LogP contribution in [0.5, 0.6) is 5.75 Å². The van der Waals surface area contributed by atoms with E-state index in [0.717, 1.165) is 33.2 Å². The van der Waals surface area contributed by atoms with E-state index in [0.29, 0.717) is 19.6 Å². The molecule has 1 fully saturated rings. The molecule has 0 spiro atoms. The molecule has 0 bridgehead atoms. The third kappa shape index (κ3) is 3.75. The minimum Gasteiger partial charge on any atom is -0.497 e. The van der Waals surface area contributed by atoms with Crippen LogP contribution in [0.3, 0.4) is 0 Å². The van der Waals surface area contributed by atoms with Crippen molar-refractivity contribution in [2.75, 3.05) is 42.7 Å². The van der Waals surface area contributed by atoms with Crippen molar-refractivity contribution in [3.8, 4) is 5.75 Å². The smallest absolute Gasteiger partial charge is 0.321 e. The fraction of sp³-hybridized carbons (Fsp3) is 0.368. The maximum atomic E-state index is 12.8. The zero-order chi connectivity index (χ0) is 20.5. The van der Waals surface area contributed by atoms with Crippen LogP contribution in [-0.2, 0) is 0 Å². The van der Waals surface area contributed by atoms with Gasteiger partial charge in [-0.3, -0.25) is 0 Å². The van der Waals surface area contributed by atoms with Gasteiger partial charge < -0.3 is 25.6 Å². The van der Waals surface area contributed by atoms with Gasteiger partial charge in [0.1, 0.15) is 11.3 Å². The Labute approximate surface area is 172 Å². The van der Waals surface area contributed by atoms with Crippen molar-refractivity contribution in [1.29, 1.82) is 0 Å². The highest BCUT2D eigenvalue weighted by molar-refractivity contribution is 7.16. The Kier molecular flexibility index (Phi) is 5.10. The number of nitrogens with zero attached hydrogens (tertiary/aromatic N) is 5. The Balaban J connectivity index is 1.47. The van der Waals surface area contributed by atoms with E-state index in [4.69, 9.17) is 10.5 Å². The molecule has 2 aromatic heterocycles. The van der Waals surface area contributed by atoms with Crippen LogP contribution in [-0.4, -0.2) is 58.7 Å². The monoisotopic (exact) mass is 413 g/mol. The average molecular weight is 414 g/mol. The summed E-state index contributed by atoms with van der Waals surface area (Å²) in [6.07, 6.45) is 0. The lowest BCUT2D eigenvalue weighted by Gasteiger charge is -2.40. The zero-order valence-electron chi connectivity index (χ0n) is 16.5. The number of carbonyl (C=O) groups is 1. The van der Waals surface area contributed by atoms with E-state index in [2.05, 4.69) is 32.1 Å². The number of nitrogen functional groups attached to an aromatic ring is 1. The molecule has 1 atom stereocenters. The maximum absolute atomic E-state index is 12.8. The van der Waals surface area contributed by atoms with E-state index in [-0.39, 0.29) is 18.0 Å². The molecule has 2 amide bonds. The molecular formula is C19H23N7O2S. The van der Waals surface area contributed by atoms with Gasteiger partial charge in [0.25, 0.3) is 0 Å². The highest BCUT2D eigenvalue weighted by atomic mass is 32.1. The predicted molar refractivity (Wildman–Crippen MR) is 115 cm³/mol. The summed E-state index contributed by atoms with van der Waals surface area (Å²) in [7, 11) is 1.62. The zero-order valence-corrected chi connectivity index (χ0v) is 17.4. The molecule has 9 nitrogen and oxygen atoms in total. The Hall–Kier alpha value is -3.14. The Morgan fingerprint density at radius 1 is 1.34 bits per heavy atom. The summed E-state index contributed by atoms with van der Waals surface area (Å²) in [5.74, 6) is 1.73. The van der Waals surface area contributed by atoms with E-state index in [1.165, 1.54) is 11.3 Å². The number of hydrogen-bond acceptors (Lipinski definition) is 8. The molecule has 0 aliphatic carbocycles. The number of aryl methyl sites for hydroxylation is 1. The number of carbonyl (C=O) groups excluding carboxylic acids is 1. The molecule has 29 heavy (non-hydrogen) atoms. The van der Waals surface area contributed by atoms with Gasteiger partial charge in [0, 0.05) is 31.4 Å². The standard InChI is InChI=1S/C19H23N7O2S/c1-11-8-13(28-3)4-5-14(11)22-19(27)25-6-7-26(12(2)9-25)16-15-17(29-10-21-15)24-18(20)23-16/h4-5,8,10,12H,6-7,9H2,1-3H3,(H,22,27)(H2,20,23,24). The van der Waals surface area contributed by atoms with Gasteiger partial charge >= 0.3 is 6.03 Å². The molecule has 1 aliphatic heterocycles. The first-order chi connectivity index (χ1) is 14.0. The van der Waals surface area contributed by atoms with Gasteiger partial charge in [0.05, 0.1) is 12.6 Å². The number of benzene rings is 1. The molecule has 1 unspecified atom stereocenters. The molecule has 152 valence electrons. The summed E-state index contributed by atoms with van der Waals surface area (Å²) >= 11 is 1.44. The first kappa shape index (κ1) is 19.2. The summed E-state index contributed by atoms with van der Waals surface area (Å²) in [6, 6.07) is 5.53. The Morgan fingerprint density at radius 2 is 2.17 bits per heavy atom. The largest absolute Gasteiger partial charge is 0.497 e. The van der Waals surface area contributed by atoms with Gasteiger partial charge in [-0.05, 0) is 37.6 Å². The first-order valence-electron chi connectivity index (χ1n) is 9.30. The number of nitrogens with two attached hydrogens (primary N) is 1. The number of nitrogens with one attached hydrogen (secondary N) is 1. The number of ether oxygens (including phenoxy) is 1. The minimum absolute atomic E-state index is 0.0608. The van der Waals surface area contributed by atoms with E-state index in [1.807, 2.05) is 30.0 Å². The van der Waals surface area contributed by atoms with Gasteiger partial charge in [-0.25, -0.2) is 14.8 Å². The number of thiazole rings is 1. The Bertz CT molecular complexity index is 1050. The second-order valence-electron chi connectivity index (χ2n) is 7.01. The number of fused-ring (bicyclic) bond motifs is 1. The van der Waals surface area contributed by atoms with Crippen molar-refractivity contribution in [1.82, 2.24) is 19.9 Å². The number of amides is 2. The quantitative estimate of drug-likeness (QED) is 0.679. The maximum Gasteiger partial charge on any atom is 0.321 e. The number of aromatic nitrogens is 3. The lowest BCUT2D eigenvalue weighted by Crippen LogP contribution is -2.55. The van der Waals surface area contributed by atoms with E-state index >= 15 is 0 Å². The molecule has 3 N–H and O–H groups in total. The van der Waals surface area contributed by atoms with Gasteiger partial charge in [-0.1, -0.05) is 0 Å². The number of methoxy groups -OCH3 is 1. The topological polar surface area (TPSA) is 110 Å². The van der Waals surface area contributed by atoms with Gasteiger partial charge in [-0.2, -0.15) is 4.98 Å². The normalized spacial score (nSPS) is 16.9. The second-order valence-corrected chi connectivity index (χ2v) is 7.84. The fourth-order valence-electron chi connectivity index (χ4n) is 3.52. The lowest BCUT2D eigenvalue weighted by atomic mass is 10.1. The first-order valence-corrected chi connectivity index (χ1v) is 10.2. The van der Waals surface area contributed by atoms with E-state index in [1.54, 1.807) is 12.6 Å². The fourth-order valence-corrected chi connectivity index (χ4v) is 4.18. The minimum atomic E-state index is -0.120. The van der Waals surface area contributed by atoms with Crippen molar-refractivity contribution >= 4 is 45.2 Å². The predicted octanol–water partition coefficient (Wildman–Crippen LogP) is 2.73. The molecule has 0 saturated carbocycles. The van der Waals surface area contributed by atoms with Crippen LogP contribution >= 0.6 is 11.3 Å². The molecule has 3 heterocycles. The Morgan fingerprint density at radius 3 is 2.90 bits per heavy atom. The van der Waals surface area contributed by atoms with Crippen LogP contribution in [0.15, 0.2) is 23.7 Å². The summed E-state index contributed by atoms with van der Waals surface area (Å²) in [5.41, 5.74) is 10.1. The number of hydrogen-bond donors (Lipinski definition) is 2. The number of piperazine rings is 1. The lowest BCUT2D eigenvalue weighted by molar-refractivity contribution is 0.200. The van der Waals surface area contributed by atoms with Crippen molar-refractivity contribution in [2.24, 2.45) is 0 Å². The number of urea groups is 1. The van der Waals surface area contributed by atoms with Gasteiger partial charge in [0.2, 0.25) is 5.95 Å². The summed E-state index contributed by atoms with van der Waals surface area (Å²) in [4.78, 5) is 30.6. The van der Waals surface area contributed by atoms with Gasteiger partial charge in [0.15, 0.2) is 10.6 Å². The molecule has 1 saturated heterocycles. The van der Waals surface area contributed by atoms with Crippen molar-refractivity contribution in [2.45, 2.75) is 19.9 Å². The second kappa shape index (κ2) is 7.70. The van der Waals surface area contributed by atoms with Crippen LogP contribution in [0.25, 0.3) is 10.3 Å². The van der Waals surface area contributed by atoms with Crippen LogP contribution in [0.4, 0.5) is 22.2 Å². The molecule has 1 aromatic carbocycles. The van der Waals surface area contributed by atoms with Gasteiger partial charge in [-0.15, -0.1) is 11.3 Å². The molecular weight excluding hydrogens is 390 g/mol. The third-order valence-electron chi connectivity index (χ3n) is 5.06. The van der Waals surface area contributed by atoms with Crippen LogP contribution < -0.4 is 20.7 Å². The van der Waals surface area contributed by atoms with Crippen LogP contribution in [0.1, 0.15) is 12.5 Å². The van der Waals surface area contributed by atoms with E-state index in [9.17, 15) is 4.79 Å². The molecule has 0 radical (unpaired) electrons. The molecule has 4 rings (SSSR count). The highest BCUT2D eigenvalue weighted by Crippen LogP contribution is 2.29. The number of anilines is 3. The van der Waals surface area contributed by atoms with Crippen LogP contribution in [0, 0.1) is 6.92 Å².